The maximum absolute atomic E-state index is 12.0. The average Bonchev–Trinajstić information content (AvgIpc) is 2.96. The first-order chi connectivity index (χ1) is 20.2. The number of unbranched alkanes of at least 4 members (excludes halogenated alkanes) is 16. The number of hydrogen-bond acceptors (Lipinski definition) is 3. The summed E-state index contributed by atoms with van der Waals surface area (Å²) in [6.07, 6.45) is 27.1. The van der Waals surface area contributed by atoms with Gasteiger partial charge in [-0.3, -0.25) is 18.9 Å². The fraction of sp³-hybridized carbons (Fsp3) is 0.857. The van der Waals surface area contributed by atoms with E-state index >= 15 is 0 Å². The molecule has 246 valence electrons. The zero-order chi connectivity index (χ0) is 31.6. The van der Waals surface area contributed by atoms with Crippen LogP contribution in [0.25, 0.3) is 0 Å². The van der Waals surface area contributed by atoms with E-state index in [1.807, 2.05) is 33.0 Å². The lowest BCUT2D eigenvalue weighted by Crippen LogP contribution is -2.54. The molecule has 0 amide bonds. The molecule has 0 aromatic rings. The second-order valence-electron chi connectivity index (χ2n) is 12.6. The molecule has 7 heteroatoms. The fourth-order valence-electron chi connectivity index (χ4n) is 5.98. The molecule has 0 radical (unpaired) electrons. The molecular formula is C35H66NO6+. The van der Waals surface area contributed by atoms with E-state index in [-0.39, 0.29) is 24.1 Å². The van der Waals surface area contributed by atoms with Gasteiger partial charge in [0.2, 0.25) is 0 Å². The van der Waals surface area contributed by atoms with Crippen LogP contribution in [-0.2, 0) is 14.4 Å². The van der Waals surface area contributed by atoms with Gasteiger partial charge in [-0.25, -0.2) is 0 Å². The summed E-state index contributed by atoms with van der Waals surface area (Å²) in [4.78, 5) is 35.9. The number of carboxylic acids is 3. The molecule has 0 spiro atoms. The summed E-state index contributed by atoms with van der Waals surface area (Å²) in [6.45, 7) is 8.32. The van der Waals surface area contributed by atoms with E-state index in [4.69, 9.17) is 0 Å². The molecule has 7 nitrogen and oxygen atoms in total. The van der Waals surface area contributed by atoms with E-state index in [9.17, 15) is 29.7 Å². The third-order valence-corrected chi connectivity index (χ3v) is 8.92. The first kappa shape index (κ1) is 40.1. The Balaban J connectivity index is 4.79. The van der Waals surface area contributed by atoms with E-state index in [1.54, 1.807) is 0 Å². The van der Waals surface area contributed by atoms with Crippen molar-refractivity contribution < 1.29 is 34.2 Å². The van der Waals surface area contributed by atoms with Gasteiger partial charge in [-0.15, -0.1) is 0 Å². The zero-order valence-electron chi connectivity index (χ0n) is 27.7. The van der Waals surface area contributed by atoms with Crippen molar-refractivity contribution in [3.8, 4) is 0 Å². The molecule has 0 bridgehead atoms. The van der Waals surface area contributed by atoms with Gasteiger partial charge >= 0.3 is 17.9 Å². The minimum atomic E-state index is -0.919. The van der Waals surface area contributed by atoms with Crippen molar-refractivity contribution in [3.63, 3.8) is 0 Å². The lowest BCUT2D eigenvalue weighted by molar-refractivity contribution is -0.887. The molecule has 42 heavy (non-hydrogen) atoms. The van der Waals surface area contributed by atoms with Gasteiger partial charge in [0.25, 0.3) is 0 Å². The van der Waals surface area contributed by atoms with Crippen molar-refractivity contribution in [3.05, 3.63) is 12.3 Å². The topological polar surface area (TPSA) is 112 Å². The highest BCUT2D eigenvalue weighted by molar-refractivity contribution is 5.71. The third-order valence-electron chi connectivity index (χ3n) is 8.92. The van der Waals surface area contributed by atoms with Crippen molar-refractivity contribution in [1.82, 2.24) is 0 Å². The number of carbonyl (C=O) groups is 3. The average molecular weight is 597 g/mol. The standard InChI is InChI=1S/C35H65NO6/c1-5-9-10-11-12-13-14-15-16-17-18-19-20-21-22-23-24-25-26-36(27-30(6-2)33(37)38,28-31(7-3)34(39)40)29-32(8-4)35(41)42/h25-26,30-32H,5-24,27-29H2,1-4H3,(H2-,37,38,39,40,41,42)/p+1/b26-25+. The Morgan fingerprint density at radius 2 is 0.786 bits per heavy atom. The molecule has 0 aromatic heterocycles. The van der Waals surface area contributed by atoms with Crippen LogP contribution < -0.4 is 0 Å². The molecule has 0 aliphatic rings. The van der Waals surface area contributed by atoms with Crippen LogP contribution in [0.5, 0.6) is 0 Å². The lowest BCUT2D eigenvalue weighted by atomic mass is 9.96. The highest BCUT2D eigenvalue weighted by atomic mass is 16.4. The Labute approximate surface area is 257 Å². The van der Waals surface area contributed by atoms with Crippen molar-refractivity contribution >= 4 is 17.9 Å². The molecule has 0 aromatic carbocycles. The van der Waals surface area contributed by atoms with E-state index < -0.39 is 35.7 Å². The number of aliphatic carboxylic acids is 3. The van der Waals surface area contributed by atoms with Crippen LogP contribution in [0.3, 0.4) is 0 Å². The van der Waals surface area contributed by atoms with Crippen LogP contribution in [0, 0.1) is 17.8 Å². The van der Waals surface area contributed by atoms with Crippen LogP contribution >= 0.6 is 0 Å². The number of hydrogen-bond donors (Lipinski definition) is 3. The fourth-order valence-corrected chi connectivity index (χ4v) is 5.98. The van der Waals surface area contributed by atoms with Gasteiger partial charge in [-0.05, 0) is 38.2 Å². The van der Waals surface area contributed by atoms with Crippen molar-refractivity contribution in [1.29, 1.82) is 0 Å². The minimum absolute atomic E-state index is 0.0826. The summed E-state index contributed by atoms with van der Waals surface area (Å²) < 4.78 is 0.0826. The number of rotatable bonds is 30. The van der Waals surface area contributed by atoms with Gasteiger partial charge in [-0.1, -0.05) is 124 Å². The first-order valence-corrected chi connectivity index (χ1v) is 17.4. The van der Waals surface area contributed by atoms with Gasteiger partial charge < -0.3 is 15.3 Å². The van der Waals surface area contributed by atoms with Gasteiger partial charge in [-0.2, -0.15) is 0 Å². The molecule has 0 aliphatic heterocycles. The molecule has 0 saturated heterocycles. The van der Waals surface area contributed by atoms with Crippen molar-refractivity contribution in [2.45, 2.75) is 156 Å². The minimum Gasteiger partial charge on any atom is -0.481 e. The van der Waals surface area contributed by atoms with E-state index in [0.717, 1.165) is 19.3 Å². The Morgan fingerprint density at radius 1 is 0.500 bits per heavy atom. The van der Waals surface area contributed by atoms with Crippen LogP contribution in [0.4, 0.5) is 0 Å². The molecule has 0 heterocycles. The third kappa shape index (κ3) is 19.3. The van der Waals surface area contributed by atoms with Crippen molar-refractivity contribution in [2.24, 2.45) is 17.8 Å². The zero-order valence-corrected chi connectivity index (χ0v) is 27.7. The molecular weight excluding hydrogens is 530 g/mol. The SMILES string of the molecule is CCCCCCCCCCCCCCCCCC/C=C/[N+](CC(CC)C(=O)O)(CC(CC)C(=O)O)CC(CC)C(=O)O. The maximum atomic E-state index is 12.0. The second kappa shape index (κ2) is 25.6. The highest BCUT2D eigenvalue weighted by Crippen LogP contribution is 2.25. The maximum Gasteiger partial charge on any atom is 0.312 e. The molecule has 3 atom stereocenters. The molecule has 0 saturated carbocycles. The van der Waals surface area contributed by atoms with Crippen molar-refractivity contribution in [2.75, 3.05) is 19.6 Å². The van der Waals surface area contributed by atoms with E-state index in [2.05, 4.69) is 6.92 Å². The number of allylic oxidation sites excluding steroid dienone is 1. The van der Waals surface area contributed by atoms with E-state index in [0.29, 0.717) is 19.3 Å². The summed E-state index contributed by atoms with van der Waals surface area (Å²) in [5.41, 5.74) is 0. The second-order valence-corrected chi connectivity index (χ2v) is 12.6. The quantitative estimate of drug-likeness (QED) is 0.0563. The summed E-state index contributed by atoms with van der Waals surface area (Å²) in [5.74, 6) is -4.75. The first-order valence-electron chi connectivity index (χ1n) is 17.4. The normalized spacial score (nSPS) is 15.3. The summed E-state index contributed by atoms with van der Waals surface area (Å²) >= 11 is 0. The Morgan fingerprint density at radius 3 is 1.05 bits per heavy atom. The van der Waals surface area contributed by atoms with Crippen LogP contribution in [-0.4, -0.2) is 57.3 Å². The van der Waals surface area contributed by atoms with Gasteiger partial charge in [0.15, 0.2) is 0 Å². The number of carboxylic acid groups (broad SMARTS) is 3. The smallest absolute Gasteiger partial charge is 0.312 e. The molecule has 3 N–H and O–H groups in total. The predicted molar refractivity (Wildman–Crippen MR) is 172 cm³/mol. The predicted octanol–water partition coefficient (Wildman–Crippen LogP) is 9.30. The largest absolute Gasteiger partial charge is 0.481 e. The summed E-state index contributed by atoms with van der Waals surface area (Å²) in [6, 6.07) is 0. The summed E-state index contributed by atoms with van der Waals surface area (Å²) in [7, 11) is 0. The lowest BCUT2D eigenvalue weighted by Gasteiger charge is -2.40. The monoisotopic (exact) mass is 596 g/mol. The molecule has 3 unspecified atom stereocenters. The van der Waals surface area contributed by atoms with Crippen LogP contribution in [0.15, 0.2) is 12.3 Å². The Kier molecular flexibility index (Phi) is 24.4. The Bertz CT molecular complexity index is 677. The Hall–Kier alpha value is -1.89. The van der Waals surface area contributed by atoms with Crippen LogP contribution in [0.1, 0.15) is 156 Å². The number of quaternary nitrogens is 1. The molecule has 0 fully saturated rings. The molecule has 0 aliphatic carbocycles. The van der Waals surface area contributed by atoms with Gasteiger partial charge in [0, 0.05) is 0 Å². The van der Waals surface area contributed by atoms with Gasteiger partial charge in [0.05, 0.1) is 25.8 Å². The highest BCUT2D eigenvalue weighted by Gasteiger charge is 2.39. The summed E-state index contributed by atoms with van der Waals surface area (Å²) in [5, 5.41) is 29.4. The van der Waals surface area contributed by atoms with Crippen LogP contribution in [0.2, 0.25) is 0 Å². The van der Waals surface area contributed by atoms with Gasteiger partial charge in [0.1, 0.15) is 17.8 Å². The molecule has 0 rings (SSSR count). The number of nitrogens with zero attached hydrogens (tertiary/aromatic N) is 1. The van der Waals surface area contributed by atoms with E-state index in [1.165, 1.54) is 89.9 Å².